The highest BCUT2D eigenvalue weighted by atomic mass is 15.0. The van der Waals surface area contributed by atoms with Gasteiger partial charge in [-0.3, -0.25) is 0 Å². The van der Waals surface area contributed by atoms with E-state index in [9.17, 15) is 0 Å². The van der Waals surface area contributed by atoms with Gasteiger partial charge in [0, 0.05) is 24.0 Å². The average molecular weight is 242 g/mol. The molecule has 0 fully saturated rings. The standard InChI is InChI=1S/C14H18N4/c1-10(2)13-7-14(17-9-16-13)18-12-5-3-11(8-15)4-6-12/h3-7,9-10H,8,15H2,1-2H3,(H,16,17,18). The van der Waals surface area contributed by atoms with Crippen molar-refractivity contribution >= 4 is 11.5 Å². The Kier molecular flexibility index (Phi) is 3.89. The van der Waals surface area contributed by atoms with Crippen molar-refractivity contribution in [1.29, 1.82) is 0 Å². The second-order valence-corrected chi connectivity index (χ2v) is 4.51. The average Bonchev–Trinajstić information content (AvgIpc) is 2.40. The van der Waals surface area contributed by atoms with Crippen molar-refractivity contribution in [3.63, 3.8) is 0 Å². The predicted molar refractivity (Wildman–Crippen MR) is 73.7 cm³/mol. The highest BCUT2D eigenvalue weighted by Crippen LogP contribution is 2.18. The molecule has 0 saturated carbocycles. The molecule has 0 bridgehead atoms. The minimum absolute atomic E-state index is 0.396. The molecule has 1 aromatic heterocycles. The maximum absolute atomic E-state index is 5.56. The van der Waals surface area contributed by atoms with Crippen LogP contribution in [0.15, 0.2) is 36.7 Å². The normalized spacial score (nSPS) is 10.7. The first-order chi connectivity index (χ1) is 8.69. The molecule has 0 atom stereocenters. The van der Waals surface area contributed by atoms with Crippen LogP contribution in [0.25, 0.3) is 0 Å². The molecule has 0 aliphatic rings. The first-order valence-corrected chi connectivity index (χ1v) is 6.07. The number of hydrogen-bond acceptors (Lipinski definition) is 4. The lowest BCUT2D eigenvalue weighted by atomic mass is 10.1. The Hall–Kier alpha value is -1.94. The van der Waals surface area contributed by atoms with Crippen LogP contribution < -0.4 is 11.1 Å². The summed E-state index contributed by atoms with van der Waals surface area (Å²) in [6.45, 7) is 4.79. The van der Waals surface area contributed by atoms with E-state index in [1.807, 2.05) is 30.3 Å². The van der Waals surface area contributed by atoms with Gasteiger partial charge in [0.05, 0.1) is 0 Å². The third-order valence-electron chi connectivity index (χ3n) is 2.74. The topological polar surface area (TPSA) is 63.8 Å². The molecule has 0 radical (unpaired) electrons. The number of rotatable bonds is 4. The van der Waals surface area contributed by atoms with Crippen LogP contribution in [0.5, 0.6) is 0 Å². The van der Waals surface area contributed by atoms with Crippen molar-refractivity contribution in [3.05, 3.63) is 47.9 Å². The number of aromatic nitrogens is 2. The van der Waals surface area contributed by atoms with E-state index < -0.39 is 0 Å². The van der Waals surface area contributed by atoms with E-state index >= 15 is 0 Å². The van der Waals surface area contributed by atoms with Crippen LogP contribution in [0.1, 0.15) is 31.0 Å². The van der Waals surface area contributed by atoms with E-state index in [0.717, 1.165) is 22.8 Å². The van der Waals surface area contributed by atoms with Gasteiger partial charge >= 0.3 is 0 Å². The zero-order chi connectivity index (χ0) is 13.0. The first kappa shape index (κ1) is 12.5. The van der Waals surface area contributed by atoms with E-state index in [2.05, 4.69) is 29.1 Å². The maximum Gasteiger partial charge on any atom is 0.133 e. The van der Waals surface area contributed by atoms with Crippen molar-refractivity contribution < 1.29 is 0 Å². The Morgan fingerprint density at radius 3 is 2.50 bits per heavy atom. The number of benzene rings is 1. The number of anilines is 2. The Morgan fingerprint density at radius 2 is 1.89 bits per heavy atom. The molecule has 1 aromatic carbocycles. The molecule has 94 valence electrons. The van der Waals surface area contributed by atoms with Gasteiger partial charge in [-0.1, -0.05) is 26.0 Å². The molecule has 0 aliphatic heterocycles. The highest BCUT2D eigenvalue weighted by molar-refractivity contribution is 5.56. The molecule has 0 amide bonds. The molecular formula is C14H18N4. The smallest absolute Gasteiger partial charge is 0.133 e. The van der Waals surface area contributed by atoms with Gasteiger partial charge in [0.1, 0.15) is 12.1 Å². The summed E-state index contributed by atoms with van der Waals surface area (Å²) in [4.78, 5) is 8.45. The molecule has 2 aromatic rings. The van der Waals surface area contributed by atoms with Crippen LogP contribution in [-0.2, 0) is 6.54 Å². The Labute approximate surface area is 107 Å². The van der Waals surface area contributed by atoms with E-state index in [4.69, 9.17) is 5.73 Å². The fourth-order valence-corrected chi connectivity index (χ4v) is 1.63. The van der Waals surface area contributed by atoms with Crippen molar-refractivity contribution in [2.45, 2.75) is 26.3 Å². The summed E-state index contributed by atoms with van der Waals surface area (Å²) in [5.41, 5.74) is 8.72. The fraction of sp³-hybridized carbons (Fsp3) is 0.286. The van der Waals surface area contributed by atoms with Crippen molar-refractivity contribution in [1.82, 2.24) is 9.97 Å². The lowest BCUT2D eigenvalue weighted by molar-refractivity contribution is 0.815. The van der Waals surface area contributed by atoms with Gasteiger partial charge in [0.15, 0.2) is 0 Å². The van der Waals surface area contributed by atoms with Crippen LogP contribution in [-0.4, -0.2) is 9.97 Å². The minimum atomic E-state index is 0.396. The number of nitrogens with two attached hydrogens (primary N) is 1. The zero-order valence-corrected chi connectivity index (χ0v) is 10.7. The number of hydrogen-bond donors (Lipinski definition) is 2. The summed E-state index contributed by atoms with van der Waals surface area (Å²) in [5.74, 6) is 1.21. The monoisotopic (exact) mass is 242 g/mol. The first-order valence-electron chi connectivity index (χ1n) is 6.07. The molecule has 2 rings (SSSR count). The molecule has 4 heteroatoms. The molecule has 0 spiro atoms. The third kappa shape index (κ3) is 3.05. The van der Waals surface area contributed by atoms with Crippen LogP contribution in [0.3, 0.4) is 0 Å². The maximum atomic E-state index is 5.56. The SMILES string of the molecule is CC(C)c1cc(Nc2ccc(CN)cc2)ncn1. The molecule has 1 heterocycles. The van der Waals surface area contributed by atoms with Gasteiger partial charge in [-0.25, -0.2) is 9.97 Å². The molecular weight excluding hydrogens is 224 g/mol. The predicted octanol–water partition coefficient (Wildman–Crippen LogP) is 2.80. The molecule has 4 nitrogen and oxygen atoms in total. The molecule has 0 aliphatic carbocycles. The van der Waals surface area contributed by atoms with Crippen LogP contribution in [0.2, 0.25) is 0 Å². The number of nitrogens with one attached hydrogen (secondary N) is 1. The highest BCUT2D eigenvalue weighted by Gasteiger charge is 2.03. The summed E-state index contributed by atoms with van der Waals surface area (Å²) >= 11 is 0. The van der Waals surface area contributed by atoms with E-state index in [0.29, 0.717) is 12.5 Å². The van der Waals surface area contributed by atoms with Gasteiger partial charge in [0.2, 0.25) is 0 Å². The Bertz CT molecular complexity index is 505. The van der Waals surface area contributed by atoms with E-state index in [1.54, 1.807) is 6.33 Å². The molecule has 0 unspecified atom stereocenters. The second-order valence-electron chi connectivity index (χ2n) is 4.51. The fourth-order valence-electron chi connectivity index (χ4n) is 1.63. The van der Waals surface area contributed by atoms with Crippen LogP contribution in [0.4, 0.5) is 11.5 Å². The third-order valence-corrected chi connectivity index (χ3v) is 2.74. The van der Waals surface area contributed by atoms with Gasteiger partial charge in [-0.15, -0.1) is 0 Å². The largest absolute Gasteiger partial charge is 0.340 e. The van der Waals surface area contributed by atoms with Gasteiger partial charge < -0.3 is 11.1 Å². The van der Waals surface area contributed by atoms with Gasteiger partial charge in [-0.05, 0) is 23.6 Å². The summed E-state index contributed by atoms with van der Waals surface area (Å²) in [7, 11) is 0. The summed E-state index contributed by atoms with van der Waals surface area (Å²) in [5, 5.41) is 3.26. The summed E-state index contributed by atoms with van der Waals surface area (Å²) in [6, 6.07) is 9.99. The van der Waals surface area contributed by atoms with Crippen LogP contribution in [0, 0.1) is 0 Å². The molecule has 3 N–H and O–H groups in total. The van der Waals surface area contributed by atoms with E-state index in [-0.39, 0.29) is 0 Å². The Morgan fingerprint density at radius 1 is 1.17 bits per heavy atom. The summed E-state index contributed by atoms with van der Waals surface area (Å²) in [6.07, 6.45) is 1.59. The second kappa shape index (κ2) is 5.60. The lowest BCUT2D eigenvalue weighted by Crippen LogP contribution is -1.99. The van der Waals surface area contributed by atoms with Crippen molar-refractivity contribution in [2.75, 3.05) is 5.32 Å². The lowest BCUT2D eigenvalue weighted by Gasteiger charge is -2.09. The number of nitrogens with zero attached hydrogens (tertiary/aromatic N) is 2. The zero-order valence-electron chi connectivity index (χ0n) is 10.7. The minimum Gasteiger partial charge on any atom is -0.340 e. The van der Waals surface area contributed by atoms with Gasteiger partial charge in [0.25, 0.3) is 0 Å². The Balaban J connectivity index is 2.15. The van der Waals surface area contributed by atoms with Crippen molar-refractivity contribution in [2.24, 2.45) is 5.73 Å². The van der Waals surface area contributed by atoms with Gasteiger partial charge in [-0.2, -0.15) is 0 Å². The van der Waals surface area contributed by atoms with E-state index in [1.165, 1.54) is 0 Å². The van der Waals surface area contributed by atoms with Crippen LogP contribution >= 0.6 is 0 Å². The molecule has 0 saturated heterocycles. The van der Waals surface area contributed by atoms with Crippen molar-refractivity contribution in [3.8, 4) is 0 Å². The quantitative estimate of drug-likeness (QED) is 0.865. The summed E-state index contributed by atoms with van der Waals surface area (Å²) < 4.78 is 0. The molecule has 18 heavy (non-hydrogen) atoms.